The Morgan fingerprint density at radius 2 is 2.30 bits per heavy atom. The van der Waals surface area contributed by atoms with Crippen LogP contribution in [0.1, 0.15) is 12.8 Å². The Hall–Kier alpha value is -1.93. The van der Waals surface area contributed by atoms with Gasteiger partial charge in [0, 0.05) is 24.3 Å². The van der Waals surface area contributed by atoms with Crippen molar-refractivity contribution in [2.75, 3.05) is 6.54 Å². The lowest BCUT2D eigenvalue weighted by Gasteiger charge is -2.20. The van der Waals surface area contributed by atoms with E-state index in [2.05, 4.69) is 9.97 Å². The summed E-state index contributed by atoms with van der Waals surface area (Å²) in [6.45, 7) is 0.228. The lowest BCUT2D eigenvalue weighted by Crippen LogP contribution is -2.40. The molecule has 1 atom stereocenters. The summed E-state index contributed by atoms with van der Waals surface area (Å²) in [5.41, 5.74) is 0.470. The van der Waals surface area contributed by atoms with Gasteiger partial charge in [-0.05, 0) is 25.0 Å². The van der Waals surface area contributed by atoms with Crippen molar-refractivity contribution in [1.29, 1.82) is 0 Å². The van der Waals surface area contributed by atoms with E-state index in [0.29, 0.717) is 23.9 Å². The quantitative estimate of drug-likeness (QED) is 0.871. The molecule has 3 rings (SSSR count). The molecule has 106 valence electrons. The third kappa shape index (κ3) is 1.88. The van der Waals surface area contributed by atoms with Crippen LogP contribution in [0.25, 0.3) is 11.0 Å². The van der Waals surface area contributed by atoms with Gasteiger partial charge in [0.1, 0.15) is 16.6 Å². The van der Waals surface area contributed by atoms with Crippen LogP contribution in [0, 0.1) is 0 Å². The van der Waals surface area contributed by atoms with E-state index in [-0.39, 0.29) is 11.4 Å². The summed E-state index contributed by atoms with van der Waals surface area (Å²) < 4.78 is 26.3. The number of carbonyl (C=O) groups is 1. The van der Waals surface area contributed by atoms with Crippen molar-refractivity contribution in [3.05, 3.63) is 24.5 Å². The minimum absolute atomic E-state index is 0.0775. The molecule has 2 N–H and O–H groups in total. The zero-order chi connectivity index (χ0) is 14.3. The van der Waals surface area contributed by atoms with Gasteiger partial charge in [0.2, 0.25) is 10.0 Å². The summed E-state index contributed by atoms with van der Waals surface area (Å²) >= 11 is 0. The van der Waals surface area contributed by atoms with Gasteiger partial charge >= 0.3 is 5.97 Å². The van der Waals surface area contributed by atoms with Gasteiger partial charge in [-0.25, -0.2) is 13.4 Å². The molecule has 1 aliphatic heterocycles. The van der Waals surface area contributed by atoms with Crippen LogP contribution in [0.15, 0.2) is 29.4 Å². The summed E-state index contributed by atoms with van der Waals surface area (Å²) in [5, 5.41) is 9.61. The molecule has 0 aliphatic carbocycles. The molecular weight excluding hydrogens is 282 g/mol. The lowest BCUT2D eigenvalue weighted by molar-refractivity contribution is -0.140. The number of pyridine rings is 1. The third-order valence-corrected chi connectivity index (χ3v) is 5.44. The van der Waals surface area contributed by atoms with Gasteiger partial charge in [-0.15, -0.1) is 0 Å². The van der Waals surface area contributed by atoms with E-state index < -0.39 is 22.0 Å². The standard InChI is InChI=1S/C12H13N3O4S/c16-12(17)9-4-2-6-15(9)20(18,19)10-7-14-11-8(10)3-1-5-13-11/h1,3,5,7,9H,2,4,6H2,(H,13,14)(H,16,17). The van der Waals surface area contributed by atoms with Crippen LogP contribution < -0.4 is 0 Å². The molecule has 7 nitrogen and oxygen atoms in total. The van der Waals surface area contributed by atoms with Crippen LogP contribution in [-0.4, -0.2) is 46.4 Å². The number of carboxylic acid groups (broad SMARTS) is 1. The maximum atomic E-state index is 12.6. The van der Waals surface area contributed by atoms with Crippen molar-refractivity contribution < 1.29 is 18.3 Å². The molecule has 1 aliphatic rings. The van der Waals surface area contributed by atoms with Crippen LogP contribution in [0.2, 0.25) is 0 Å². The summed E-state index contributed by atoms with van der Waals surface area (Å²) in [4.78, 5) is 18.1. The number of rotatable bonds is 3. The molecule has 0 radical (unpaired) electrons. The molecule has 2 aromatic rings. The average Bonchev–Trinajstić information content (AvgIpc) is 3.06. The van der Waals surface area contributed by atoms with Gasteiger partial charge in [-0.1, -0.05) is 0 Å². The van der Waals surface area contributed by atoms with Crippen molar-refractivity contribution in [3.63, 3.8) is 0 Å². The number of sulfonamides is 1. The zero-order valence-electron chi connectivity index (χ0n) is 10.5. The second-order valence-electron chi connectivity index (χ2n) is 4.66. The summed E-state index contributed by atoms with van der Waals surface area (Å²) in [6, 6.07) is 2.31. The first kappa shape index (κ1) is 13.1. The van der Waals surface area contributed by atoms with Crippen LogP contribution >= 0.6 is 0 Å². The fourth-order valence-corrected chi connectivity index (χ4v) is 4.35. The van der Waals surface area contributed by atoms with Crippen LogP contribution in [0.3, 0.4) is 0 Å². The first-order chi connectivity index (χ1) is 9.51. The molecular formula is C12H13N3O4S. The number of H-pyrrole nitrogens is 1. The van der Waals surface area contributed by atoms with Crippen LogP contribution in [0.4, 0.5) is 0 Å². The average molecular weight is 295 g/mol. The minimum Gasteiger partial charge on any atom is -0.480 e. The first-order valence-corrected chi connectivity index (χ1v) is 7.62. The van der Waals surface area contributed by atoms with E-state index in [1.165, 1.54) is 6.20 Å². The SMILES string of the molecule is O=C(O)C1CCCN1S(=O)(=O)c1c[nH]c2ncccc12. The Bertz CT molecular complexity index is 768. The summed E-state index contributed by atoms with van der Waals surface area (Å²) in [7, 11) is -3.83. The second kappa shape index (κ2) is 4.57. The van der Waals surface area contributed by atoms with Gasteiger partial charge in [-0.2, -0.15) is 4.31 Å². The van der Waals surface area contributed by atoms with Crippen LogP contribution in [0.5, 0.6) is 0 Å². The number of nitrogens with zero attached hydrogens (tertiary/aromatic N) is 2. The predicted molar refractivity (Wildman–Crippen MR) is 70.6 cm³/mol. The highest BCUT2D eigenvalue weighted by Crippen LogP contribution is 2.29. The molecule has 3 heterocycles. The smallest absolute Gasteiger partial charge is 0.322 e. The molecule has 0 amide bonds. The van der Waals surface area contributed by atoms with Crippen molar-refractivity contribution in [2.45, 2.75) is 23.8 Å². The highest BCUT2D eigenvalue weighted by molar-refractivity contribution is 7.89. The number of aromatic nitrogens is 2. The molecule has 1 unspecified atom stereocenters. The molecule has 1 fully saturated rings. The maximum Gasteiger partial charge on any atom is 0.322 e. The summed E-state index contributed by atoms with van der Waals surface area (Å²) in [6.07, 6.45) is 3.82. The first-order valence-electron chi connectivity index (χ1n) is 6.18. The van der Waals surface area contributed by atoms with Gasteiger partial charge in [-0.3, -0.25) is 4.79 Å². The number of fused-ring (bicyclic) bond motifs is 1. The lowest BCUT2D eigenvalue weighted by atomic mass is 10.2. The van der Waals surface area contributed by atoms with Crippen molar-refractivity contribution in [2.24, 2.45) is 0 Å². The molecule has 0 aromatic carbocycles. The van der Waals surface area contributed by atoms with Crippen LogP contribution in [-0.2, 0) is 14.8 Å². The molecule has 8 heteroatoms. The molecule has 0 bridgehead atoms. The van der Waals surface area contributed by atoms with Gasteiger partial charge < -0.3 is 10.1 Å². The predicted octanol–water partition coefficient (Wildman–Crippen LogP) is 0.801. The monoisotopic (exact) mass is 295 g/mol. The topological polar surface area (TPSA) is 103 Å². The minimum atomic E-state index is -3.83. The highest BCUT2D eigenvalue weighted by Gasteiger charge is 2.40. The fourth-order valence-electron chi connectivity index (χ4n) is 2.55. The number of nitrogens with one attached hydrogen (secondary N) is 1. The van der Waals surface area contributed by atoms with E-state index in [1.807, 2.05) is 0 Å². The van der Waals surface area contributed by atoms with E-state index in [0.717, 1.165) is 4.31 Å². The third-order valence-electron chi connectivity index (χ3n) is 3.49. The van der Waals surface area contributed by atoms with Crippen molar-refractivity contribution >= 4 is 27.0 Å². The number of hydrogen-bond donors (Lipinski definition) is 2. The molecule has 2 aromatic heterocycles. The molecule has 1 saturated heterocycles. The maximum absolute atomic E-state index is 12.6. The van der Waals surface area contributed by atoms with E-state index in [9.17, 15) is 13.2 Å². The second-order valence-corrected chi connectivity index (χ2v) is 6.52. The van der Waals surface area contributed by atoms with E-state index in [4.69, 9.17) is 5.11 Å². The molecule has 20 heavy (non-hydrogen) atoms. The summed E-state index contributed by atoms with van der Waals surface area (Å²) in [5.74, 6) is -1.11. The Morgan fingerprint density at radius 1 is 1.50 bits per heavy atom. The number of aliphatic carboxylic acids is 1. The Morgan fingerprint density at radius 3 is 3.05 bits per heavy atom. The number of hydrogen-bond acceptors (Lipinski definition) is 4. The van der Waals surface area contributed by atoms with E-state index >= 15 is 0 Å². The number of carboxylic acids is 1. The Balaban J connectivity index is 2.10. The Kier molecular flexibility index (Phi) is 2.98. The largest absolute Gasteiger partial charge is 0.480 e. The van der Waals surface area contributed by atoms with Gasteiger partial charge in [0.25, 0.3) is 0 Å². The van der Waals surface area contributed by atoms with Gasteiger partial charge in [0.05, 0.1) is 0 Å². The molecule has 0 spiro atoms. The zero-order valence-corrected chi connectivity index (χ0v) is 11.3. The van der Waals surface area contributed by atoms with Crippen molar-refractivity contribution in [1.82, 2.24) is 14.3 Å². The number of aromatic amines is 1. The van der Waals surface area contributed by atoms with Gasteiger partial charge in [0.15, 0.2) is 0 Å². The fraction of sp³-hybridized carbons (Fsp3) is 0.333. The molecule has 0 saturated carbocycles. The van der Waals surface area contributed by atoms with Crippen molar-refractivity contribution in [3.8, 4) is 0 Å². The highest BCUT2D eigenvalue weighted by atomic mass is 32.2. The van der Waals surface area contributed by atoms with E-state index in [1.54, 1.807) is 18.3 Å². The Labute approximate surface area is 115 Å². The normalized spacial score (nSPS) is 20.5.